The van der Waals surface area contributed by atoms with Crippen molar-refractivity contribution in [1.82, 2.24) is 5.32 Å². The Hall–Kier alpha value is -0.800. The van der Waals surface area contributed by atoms with E-state index in [1.807, 2.05) is 26.0 Å². The summed E-state index contributed by atoms with van der Waals surface area (Å²) in [6, 6.07) is 3.96. The molecule has 0 aliphatic carbocycles. The quantitative estimate of drug-likeness (QED) is 0.680. The largest absolute Gasteiger partial charge is 0.465 e. The fraction of sp³-hybridized carbons (Fsp3) is 0.667. The van der Waals surface area contributed by atoms with E-state index in [1.165, 1.54) is 0 Å². The molecule has 0 aliphatic rings. The Morgan fingerprint density at radius 2 is 2.27 bits per heavy atom. The lowest BCUT2D eigenvalue weighted by Gasteiger charge is -2.07. The molecule has 2 N–H and O–H groups in total. The number of furan rings is 1. The van der Waals surface area contributed by atoms with Gasteiger partial charge in [-0.15, -0.1) is 0 Å². The molecule has 1 unspecified atom stereocenters. The zero-order valence-corrected chi connectivity index (χ0v) is 9.62. The molecular weight excluding hydrogens is 190 g/mol. The van der Waals surface area contributed by atoms with Crippen molar-refractivity contribution in [2.24, 2.45) is 0 Å². The molecule has 0 amide bonds. The van der Waals surface area contributed by atoms with Crippen LogP contribution in [0.1, 0.15) is 37.7 Å². The third kappa shape index (κ3) is 5.00. The van der Waals surface area contributed by atoms with E-state index in [1.54, 1.807) is 0 Å². The molecule has 1 aromatic heterocycles. The molecule has 1 heterocycles. The zero-order valence-electron chi connectivity index (χ0n) is 9.62. The van der Waals surface area contributed by atoms with Crippen LogP contribution in [0.3, 0.4) is 0 Å². The fourth-order valence-electron chi connectivity index (χ4n) is 1.46. The Kier molecular flexibility index (Phi) is 5.43. The van der Waals surface area contributed by atoms with Crippen LogP contribution in [0.15, 0.2) is 16.5 Å². The molecule has 3 heteroatoms. The zero-order chi connectivity index (χ0) is 11.1. The first-order valence-corrected chi connectivity index (χ1v) is 5.66. The predicted molar refractivity (Wildman–Crippen MR) is 60.7 cm³/mol. The number of aliphatic hydroxyl groups is 1. The third-order valence-electron chi connectivity index (χ3n) is 2.46. The van der Waals surface area contributed by atoms with Crippen molar-refractivity contribution in [2.75, 3.05) is 6.54 Å². The summed E-state index contributed by atoms with van der Waals surface area (Å²) in [5.74, 6) is 1.93. The first-order valence-electron chi connectivity index (χ1n) is 5.66. The maximum absolute atomic E-state index is 9.33. The van der Waals surface area contributed by atoms with E-state index in [9.17, 15) is 5.11 Å². The smallest absolute Gasteiger partial charge is 0.117 e. The van der Waals surface area contributed by atoms with Crippen molar-refractivity contribution in [3.63, 3.8) is 0 Å². The summed E-state index contributed by atoms with van der Waals surface area (Å²) < 4.78 is 5.42. The highest BCUT2D eigenvalue weighted by Gasteiger charge is 2.00. The van der Waals surface area contributed by atoms with E-state index in [0.717, 1.165) is 43.9 Å². The maximum Gasteiger partial charge on any atom is 0.117 e. The summed E-state index contributed by atoms with van der Waals surface area (Å²) in [7, 11) is 0. The van der Waals surface area contributed by atoms with Crippen molar-refractivity contribution >= 4 is 0 Å². The van der Waals surface area contributed by atoms with E-state index < -0.39 is 0 Å². The highest BCUT2D eigenvalue weighted by molar-refractivity contribution is 5.04. The van der Waals surface area contributed by atoms with Crippen LogP contribution in [0.4, 0.5) is 0 Å². The highest BCUT2D eigenvalue weighted by atomic mass is 16.3. The Morgan fingerprint density at radius 1 is 1.47 bits per heavy atom. The number of aliphatic hydroxyl groups excluding tert-OH is 1. The second-order valence-corrected chi connectivity index (χ2v) is 3.89. The van der Waals surface area contributed by atoms with Crippen LogP contribution < -0.4 is 5.32 Å². The van der Waals surface area contributed by atoms with E-state index in [-0.39, 0.29) is 6.10 Å². The minimum Gasteiger partial charge on any atom is -0.465 e. The third-order valence-corrected chi connectivity index (χ3v) is 2.46. The lowest BCUT2D eigenvalue weighted by Crippen LogP contribution is -2.16. The number of rotatable bonds is 7. The van der Waals surface area contributed by atoms with Gasteiger partial charge in [-0.25, -0.2) is 0 Å². The molecule has 0 spiro atoms. The van der Waals surface area contributed by atoms with E-state index in [4.69, 9.17) is 4.42 Å². The Bertz CT molecular complexity index is 270. The molecule has 86 valence electrons. The first-order chi connectivity index (χ1) is 7.22. The Morgan fingerprint density at radius 3 is 2.87 bits per heavy atom. The molecule has 0 aliphatic heterocycles. The molecule has 0 radical (unpaired) electrons. The first kappa shape index (κ1) is 12.3. The molecule has 0 saturated carbocycles. The summed E-state index contributed by atoms with van der Waals surface area (Å²) in [6.07, 6.45) is 2.59. The van der Waals surface area contributed by atoms with Crippen molar-refractivity contribution in [1.29, 1.82) is 0 Å². The normalized spacial score (nSPS) is 13.0. The van der Waals surface area contributed by atoms with Crippen LogP contribution in [0.25, 0.3) is 0 Å². The number of hydrogen-bond acceptors (Lipinski definition) is 3. The summed E-state index contributed by atoms with van der Waals surface area (Å²) >= 11 is 0. The fourth-order valence-corrected chi connectivity index (χ4v) is 1.46. The lowest BCUT2D eigenvalue weighted by molar-refractivity contribution is 0.157. The van der Waals surface area contributed by atoms with E-state index in [2.05, 4.69) is 5.32 Å². The number of aryl methyl sites for hydroxylation is 1. The minimum absolute atomic E-state index is 0.141. The van der Waals surface area contributed by atoms with E-state index >= 15 is 0 Å². The van der Waals surface area contributed by atoms with Gasteiger partial charge in [0, 0.05) is 0 Å². The van der Waals surface area contributed by atoms with Crippen LogP contribution in [-0.2, 0) is 6.54 Å². The maximum atomic E-state index is 9.33. The van der Waals surface area contributed by atoms with Gasteiger partial charge in [-0.2, -0.15) is 0 Å². The highest BCUT2D eigenvalue weighted by Crippen LogP contribution is 2.05. The minimum atomic E-state index is -0.141. The topological polar surface area (TPSA) is 45.4 Å². The van der Waals surface area contributed by atoms with Crippen molar-refractivity contribution in [3.05, 3.63) is 23.7 Å². The van der Waals surface area contributed by atoms with Crippen LogP contribution >= 0.6 is 0 Å². The summed E-state index contributed by atoms with van der Waals surface area (Å²) in [6.45, 7) is 5.65. The Labute approximate surface area is 91.5 Å². The molecule has 15 heavy (non-hydrogen) atoms. The van der Waals surface area contributed by atoms with Gasteiger partial charge in [0.25, 0.3) is 0 Å². The van der Waals surface area contributed by atoms with E-state index in [0.29, 0.717) is 0 Å². The molecule has 1 atom stereocenters. The number of nitrogens with one attached hydrogen (secondary N) is 1. The van der Waals surface area contributed by atoms with Gasteiger partial charge in [-0.3, -0.25) is 0 Å². The summed E-state index contributed by atoms with van der Waals surface area (Å²) in [5, 5.41) is 12.6. The van der Waals surface area contributed by atoms with Crippen LogP contribution in [-0.4, -0.2) is 17.8 Å². The second-order valence-electron chi connectivity index (χ2n) is 3.89. The van der Waals surface area contributed by atoms with Crippen molar-refractivity contribution in [2.45, 2.75) is 45.8 Å². The lowest BCUT2D eigenvalue weighted by atomic mass is 10.1. The summed E-state index contributed by atoms with van der Waals surface area (Å²) in [5.41, 5.74) is 0. The van der Waals surface area contributed by atoms with Gasteiger partial charge >= 0.3 is 0 Å². The molecule has 1 rings (SSSR count). The van der Waals surface area contributed by atoms with Gasteiger partial charge in [-0.1, -0.05) is 6.92 Å². The average Bonchev–Trinajstić information content (AvgIpc) is 2.63. The Balaban J connectivity index is 2.02. The second kappa shape index (κ2) is 6.64. The standard InChI is InChI=1S/C12H21NO2/c1-3-11(14)5-4-8-13-9-12-7-6-10(2)15-12/h6-7,11,13-14H,3-5,8-9H2,1-2H3. The average molecular weight is 211 g/mol. The molecular formula is C12H21NO2. The van der Waals surface area contributed by atoms with Gasteiger partial charge in [0.15, 0.2) is 0 Å². The molecule has 1 aromatic rings. The molecule has 0 fully saturated rings. The van der Waals surface area contributed by atoms with Gasteiger partial charge in [-0.05, 0) is 44.9 Å². The van der Waals surface area contributed by atoms with Crippen LogP contribution in [0.2, 0.25) is 0 Å². The van der Waals surface area contributed by atoms with Gasteiger partial charge < -0.3 is 14.8 Å². The van der Waals surface area contributed by atoms with Crippen LogP contribution in [0.5, 0.6) is 0 Å². The molecule has 0 aromatic carbocycles. The molecule has 0 saturated heterocycles. The molecule has 3 nitrogen and oxygen atoms in total. The van der Waals surface area contributed by atoms with Gasteiger partial charge in [0.05, 0.1) is 12.6 Å². The number of hydrogen-bond donors (Lipinski definition) is 2. The van der Waals surface area contributed by atoms with Crippen LogP contribution in [0, 0.1) is 6.92 Å². The SMILES string of the molecule is CCC(O)CCCNCc1ccc(C)o1. The predicted octanol–water partition coefficient (Wildman–Crippen LogP) is 2.23. The van der Waals surface area contributed by atoms with Gasteiger partial charge in [0.1, 0.15) is 11.5 Å². The van der Waals surface area contributed by atoms with Crippen molar-refractivity contribution < 1.29 is 9.52 Å². The molecule has 0 bridgehead atoms. The van der Waals surface area contributed by atoms with Gasteiger partial charge in [0.2, 0.25) is 0 Å². The summed E-state index contributed by atoms with van der Waals surface area (Å²) in [4.78, 5) is 0. The monoisotopic (exact) mass is 211 g/mol. The van der Waals surface area contributed by atoms with Crippen molar-refractivity contribution in [3.8, 4) is 0 Å².